The zero-order valence-corrected chi connectivity index (χ0v) is 18.7. The van der Waals surface area contributed by atoms with Crippen LogP contribution in [0.3, 0.4) is 0 Å². The largest absolute Gasteiger partial charge is 0.496 e. The van der Waals surface area contributed by atoms with Crippen molar-refractivity contribution in [1.29, 1.82) is 0 Å². The van der Waals surface area contributed by atoms with Crippen LogP contribution >= 0.6 is 24.0 Å². The van der Waals surface area contributed by atoms with Gasteiger partial charge in [-0.3, -0.25) is 4.99 Å². The Balaban J connectivity index is 0.00000280. The molecule has 1 heterocycles. The van der Waals surface area contributed by atoms with Gasteiger partial charge in [0.15, 0.2) is 17.5 Å². The molecule has 0 spiro atoms. The lowest BCUT2D eigenvalue weighted by molar-refractivity contribution is 0.297. The van der Waals surface area contributed by atoms with Crippen LogP contribution in [0.5, 0.6) is 17.2 Å². The zero-order valence-electron chi connectivity index (χ0n) is 16.4. The number of guanidine groups is 1. The van der Waals surface area contributed by atoms with Gasteiger partial charge in [-0.2, -0.15) is 0 Å². The Labute approximate surface area is 183 Å². The highest BCUT2D eigenvalue weighted by Crippen LogP contribution is 2.30. The number of rotatable bonds is 6. The third kappa shape index (κ3) is 6.19. The number of para-hydroxylation sites is 1. The summed E-state index contributed by atoms with van der Waals surface area (Å²) in [5.41, 5.74) is 2.29. The van der Waals surface area contributed by atoms with Gasteiger partial charge in [0.25, 0.3) is 0 Å². The standard InChI is InChI=1S/C21H27N3O3.HI/c1-22-21(23-11-10-17-6-3-4-7-18(17)25-2)24-15-16-8-9-19-20(14-16)27-13-5-12-26-19;/h3-4,6-9,14H,5,10-13,15H2,1-2H3,(H2,22,23,24);1H. The average molecular weight is 497 g/mol. The lowest BCUT2D eigenvalue weighted by Crippen LogP contribution is -2.37. The highest BCUT2D eigenvalue weighted by atomic mass is 127. The fraction of sp³-hybridized carbons (Fsp3) is 0.381. The smallest absolute Gasteiger partial charge is 0.191 e. The van der Waals surface area contributed by atoms with Crippen molar-refractivity contribution in [2.24, 2.45) is 4.99 Å². The maximum atomic E-state index is 5.75. The van der Waals surface area contributed by atoms with E-state index in [9.17, 15) is 0 Å². The van der Waals surface area contributed by atoms with E-state index in [-0.39, 0.29) is 24.0 Å². The first-order valence-electron chi connectivity index (χ1n) is 9.25. The highest BCUT2D eigenvalue weighted by molar-refractivity contribution is 14.0. The van der Waals surface area contributed by atoms with E-state index in [1.54, 1.807) is 14.2 Å². The predicted molar refractivity (Wildman–Crippen MR) is 122 cm³/mol. The lowest BCUT2D eigenvalue weighted by atomic mass is 10.1. The van der Waals surface area contributed by atoms with Crippen LogP contribution < -0.4 is 24.8 Å². The molecule has 1 aliphatic heterocycles. The van der Waals surface area contributed by atoms with Gasteiger partial charge in [0.2, 0.25) is 0 Å². The molecule has 2 N–H and O–H groups in total. The second-order valence-electron chi connectivity index (χ2n) is 6.25. The summed E-state index contributed by atoms with van der Waals surface area (Å²) in [6.07, 6.45) is 1.76. The summed E-state index contributed by atoms with van der Waals surface area (Å²) < 4.78 is 16.8. The molecule has 0 unspecified atom stereocenters. The number of nitrogens with one attached hydrogen (secondary N) is 2. The van der Waals surface area contributed by atoms with E-state index < -0.39 is 0 Å². The first-order valence-corrected chi connectivity index (χ1v) is 9.25. The van der Waals surface area contributed by atoms with Crippen molar-refractivity contribution in [2.45, 2.75) is 19.4 Å². The number of methoxy groups -OCH3 is 1. The van der Waals surface area contributed by atoms with Crippen LogP contribution in [0.15, 0.2) is 47.5 Å². The molecule has 28 heavy (non-hydrogen) atoms. The lowest BCUT2D eigenvalue weighted by Gasteiger charge is -2.14. The number of benzene rings is 2. The summed E-state index contributed by atoms with van der Waals surface area (Å²) in [6.45, 7) is 2.82. The molecule has 7 heteroatoms. The fourth-order valence-corrected chi connectivity index (χ4v) is 2.95. The van der Waals surface area contributed by atoms with Crippen LogP contribution in [-0.4, -0.2) is 39.9 Å². The highest BCUT2D eigenvalue weighted by Gasteiger charge is 2.11. The summed E-state index contributed by atoms with van der Waals surface area (Å²) in [5.74, 6) is 3.30. The summed E-state index contributed by atoms with van der Waals surface area (Å²) in [7, 11) is 3.47. The Bertz CT molecular complexity index is 783. The zero-order chi connectivity index (χ0) is 18.9. The Morgan fingerprint density at radius 1 is 1.07 bits per heavy atom. The van der Waals surface area contributed by atoms with Gasteiger partial charge >= 0.3 is 0 Å². The number of ether oxygens (including phenoxy) is 3. The minimum Gasteiger partial charge on any atom is -0.496 e. The van der Waals surface area contributed by atoms with Crippen LogP contribution in [0, 0.1) is 0 Å². The molecule has 2 aromatic rings. The number of fused-ring (bicyclic) bond motifs is 1. The first-order chi connectivity index (χ1) is 13.3. The van der Waals surface area contributed by atoms with Gasteiger partial charge in [0.1, 0.15) is 5.75 Å². The van der Waals surface area contributed by atoms with Crippen molar-refractivity contribution in [2.75, 3.05) is 33.9 Å². The molecule has 1 aliphatic rings. The van der Waals surface area contributed by atoms with E-state index in [1.807, 2.05) is 36.4 Å². The molecule has 6 nitrogen and oxygen atoms in total. The minimum absolute atomic E-state index is 0. The fourth-order valence-electron chi connectivity index (χ4n) is 2.95. The topological polar surface area (TPSA) is 64.1 Å². The van der Waals surface area contributed by atoms with Gasteiger partial charge in [0.05, 0.1) is 20.3 Å². The maximum Gasteiger partial charge on any atom is 0.191 e. The minimum atomic E-state index is 0. The quantitative estimate of drug-likeness (QED) is 0.364. The molecule has 0 radical (unpaired) electrons. The third-order valence-electron chi connectivity index (χ3n) is 4.37. The van der Waals surface area contributed by atoms with Crippen LogP contribution in [0.4, 0.5) is 0 Å². The van der Waals surface area contributed by atoms with E-state index in [1.165, 1.54) is 5.56 Å². The molecule has 0 bridgehead atoms. The summed E-state index contributed by atoms with van der Waals surface area (Å²) in [4.78, 5) is 4.29. The normalized spacial score (nSPS) is 13.1. The second kappa shape index (κ2) is 11.6. The summed E-state index contributed by atoms with van der Waals surface area (Å²) in [5, 5.41) is 6.67. The van der Waals surface area contributed by atoms with E-state index in [0.29, 0.717) is 19.8 Å². The summed E-state index contributed by atoms with van der Waals surface area (Å²) in [6, 6.07) is 14.1. The van der Waals surface area contributed by atoms with Crippen LogP contribution in [0.2, 0.25) is 0 Å². The van der Waals surface area contributed by atoms with Crippen molar-refractivity contribution < 1.29 is 14.2 Å². The van der Waals surface area contributed by atoms with Gasteiger partial charge in [-0.05, 0) is 35.7 Å². The Morgan fingerprint density at radius 3 is 2.64 bits per heavy atom. The Morgan fingerprint density at radius 2 is 1.86 bits per heavy atom. The number of aliphatic imine (C=N–C) groups is 1. The van der Waals surface area contributed by atoms with Crippen molar-refractivity contribution in [1.82, 2.24) is 10.6 Å². The van der Waals surface area contributed by atoms with Crippen molar-refractivity contribution in [3.05, 3.63) is 53.6 Å². The van der Waals surface area contributed by atoms with Crippen LogP contribution in [0.25, 0.3) is 0 Å². The molecular weight excluding hydrogens is 469 g/mol. The average Bonchev–Trinajstić information content (AvgIpc) is 2.95. The van der Waals surface area contributed by atoms with E-state index in [4.69, 9.17) is 14.2 Å². The molecule has 0 aromatic heterocycles. The number of nitrogens with zero attached hydrogens (tertiary/aromatic N) is 1. The number of hydrogen-bond acceptors (Lipinski definition) is 4. The van der Waals surface area contributed by atoms with Crippen molar-refractivity contribution in [3.63, 3.8) is 0 Å². The molecule has 0 saturated carbocycles. The van der Waals surface area contributed by atoms with Crippen LogP contribution in [0.1, 0.15) is 17.5 Å². The van der Waals surface area contributed by atoms with Gasteiger partial charge in [-0.25, -0.2) is 0 Å². The third-order valence-corrected chi connectivity index (χ3v) is 4.37. The van der Waals surface area contributed by atoms with Gasteiger partial charge in [-0.1, -0.05) is 24.3 Å². The number of hydrogen-bond donors (Lipinski definition) is 2. The number of halogens is 1. The van der Waals surface area contributed by atoms with Crippen LogP contribution in [-0.2, 0) is 13.0 Å². The van der Waals surface area contributed by atoms with E-state index in [2.05, 4.69) is 21.7 Å². The Kier molecular flexibility index (Phi) is 9.19. The molecule has 0 aliphatic carbocycles. The molecule has 3 rings (SSSR count). The second-order valence-corrected chi connectivity index (χ2v) is 6.25. The maximum absolute atomic E-state index is 5.75. The van der Waals surface area contributed by atoms with E-state index >= 15 is 0 Å². The molecule has 2 aromatic carbocycles. The molecule has 0 fully saturated rings. The van der Waals surface area contributed by atoms with Gasteiger partial charge in [-0.15, -0.1) is 24.0 Å². The molecule has 0 saturated heterocycles. The monoisotopic (exact) mass is 497 g/mol. The Hall–Kier alpha value is -2.16. The predicted octanol–water partition coefficient (Wildman–Crippen LogP) is 3.38. The van der Waals surface area contributed by atoms with E-state index in [0.717, 1.165) is 48.2 Å². The van der Waals surface area contributed by atoms with Gasteiger partial charge in [0, 0.05) is 26.6 Å². The molecule has 152 valence electrons. The van der Waals surface area contributed by atoms with Gasteiger partial charge < -0.3 is 24.8 Å². The summed E-state index contributed by atoms with van der Waals surface area (Å²) >= 11 is 0. The molecule has 0 amide bonds. The first kappa shape index (κ1) is 22.1. The van der Waals surface area contributed by atoms with Crippen molar-refractivity contribution >= 4 is 29.9 Å². The molecule has 0 atom stereocenters. The van der Waals surface area contributed by atoms with Crippen molar-refractivity contribution in [3.8, 4) is 17.2 Å². The SMILES string of the molecule is CN=C(NCCc1ccccc1OC)NCc1ccc2c(c1)OCCCO2.I. The molecular formula is C21H28IN3O3.